The molecule has 0 N–H and O–H groups in total. The van der Waals surface area contributed by atoms with E-state index in [9.17, 15) is 13.2 Å². The first-order chi connectivity index (χ1) is 12.3. The summed E-state index contributed by atoms with van der Waals surface area (Å²) >= 11 is 0. The van der Waals surface area contributed by atoms with Gasteiger partial charge in [-0.05, 0) is 49.8 Å². The van der Waals surface area contributed by atoms with Crippen molar-refractivity contribution in [3.05, 3.63) is 70.6 Å². The Morgan fingerprint density at radius 3 is 2.77 bits per heavy atom. The number of hydrogen-bond acceptors (Lipinski definition) is 2. The lowest BCUT2D eigenvalue weighted by Crippen LogP contribution is -2.07. The van der Waals surface area contributed by atoms with Crippen molar-refractivity contribution in [2.45, 2.75) is 26.6 Å². The van der Waals surface area contributed by atoms with E-state index in [-0.39, 0.29) is 6.54 Å². The summed E-state index contributed by atoms with van der Waals surface area (Å²) in [7, 11) is 0. The Hall–Kier alpha value is -3.07. The highest BCUT2D eigenvalue weighted by atomic mass is 19.4. The molecule has 0 atom stereocenters. The van der Waals surface area contributed by atoms with Crippen LogP contribution >= 0.6 is 0 Å². The topological polar surface area (TPSA) is 41.6 Å². The van der Waals surface area contributed by atoms with Gasteiger partial charge in [0.2, 0.25) is 0 Å². The molecule has 0 fully saturated rings. The average molecular weight is 355 g/mol. The molecule has 0 aliphatic rings. The SMILES string of the molecule is C/C(C#N)=C/c1cn(Cc2cc(C)cc(C(F)(F)F)c2)c2ncccc12. The molecule has 0 unspecified atom stereocenters. The minimum Gasteiger partial charge on any atom is -0.327 e. The van der Waals surface area contributed by atoms with Crippen LogP contribution < -0.4 is 0 Å². The van der Waals surface area contributed by atoms with Gasteiger partial charge in [-0.2, -0.15) is 18.4 Å². The predicted molar refractivity (Wildman–Crippen MR) is 94.3 cm³/mol. The summed E-state index contributed by atoms with van der Waals surface area (Å²) in [5, 5.41) is 9.85. The number of halogens is 3. The predicted octanol–water partition coefficient (Wildman–Crippen LogP) is 5.34. The maximum absolute atomic E-state index is 13.1. The minimum absolute atomic E-state index is 0.262. The number of nitriles is 1. The Kier molecular flexibility index (Phi) is 4.56. The summed E-state index contributed by atoms with van der Waals surface area (Å²) in [6.07, 6.45) is 0.822. The lowest BCUT2D eigenvalue weighted by Gasteiger charge is -2.11. The summed E-state index contributed by atoms with van der Waals surface area (Å²) in [5.74, 6) is 0. The first-order valence-corrected chi connectivity index (χ1v) is 7.98. The van der Waals surface area contributed by atoms with Gasteiger partial charge in [0.25, 0.3) is 0 Å². The molecule has 0 bridgehead atoms. The van der Waals surface area contributed by atoms with Gasteiger partial charge in [-0.1, -0.05) is 11.6 Å². The molecule has 0 radical (unpaired) electrons. The van der Waals surface area contributed by atoms with Gasteiger partial charge in [0, 0.05) is 35.5 Å². The zero-order chi connectivity index (χ0) is 18.9. The molecule has 0 aliphatic heterocycles. The zero-order valence-corrected chi connectivity index (χ0v) is 14.3. The van der Waals surface area contributed by atoms with Crippen LogP contribution in [0.3, 0.4) is 0 Å². The second-order valence-electron chi connectivity index (χ2n) is 6.23. The molecule has 26 heavy (non-hydrogen) atoms. The van der Waals surface area contributed by atoms with Crippen LogP contribution in [0, 0.1) is 18.3 Å². The summed E-state index contributed by atoms with van der Waals surface area (Å²) in [6, 6.07) is 9.79. The summed E-state index contributed by atoms with van der Waals surface area (Å²) in [5.41, 5.74) is 2.47. The number of alkyl halides is 3. The van der Waals surface area contributed by atoms with E-state index in [1.54, 1.807) is 42.8 Å². The third kappa shape index (κ3) is 3.62. The lowest BCUT2D eigenvalue weighted by molar-refractivity contribution is -0.137. The van der Waals surface area contributed by atoms with Crippen molar-refractivity contribution in [3.8, 4) is 6.07 Å². The highest BCUT2D eigenvalue weighted by molar-refractivity contribution is 5.87. The van der Waals surface area contributed by atoms with Crippen molar-refractivity contribution in [2.75, 3.05) is 0 Å². The fourth-order valence-corrected chi connectivity index (χ4v) is 2.96. The molecule has 1 aromatic carbocycles. The van der Waals surface area contributed by atoms with E-state index in [4.69, 9.17) is 5.26 Å². The van der Waals surface area contributed by atoms with Crippen LogP contribution in [0.2, 0.25) is 0 Å². The smallest absolute Gasteiger partial charge is 0.327 e. The molecule has 0 aliphatic carbocycles. The number of rotatable bonds is 3. The second kappa shape index (κ2) is 6.68. The molecule has 3 aromatic rings. The van der Waals surface area contributed by atoms with Gasteiger partial charge in [0.15, 0.2) is 0 Å². The van der Waals surface area contributed by atoms with Gasteiger partial charge in [0.05, 0.1) is 11.6 Å². The number of pyridine rings is 1. The van der Waals surface area contributed by atoms with Gasteiger partial charge in [-0.3, -0.25) is 0 Å². The van der Waals surface area contributed by atoms with Gasteiger partial charge in [0.1, 0.15) is 5.65 Å². The number of nitrogens with zero attached hydrogens (tertiary/aromatic N) is 3. The third-order valence-electron chi connectivity index (χ3n) is 4.03. The van der Waals surface area contributed by atoms with E-state index in [1.807, 2.05) is 12.3 Å². The summed E-state index contributed by atoms with van der Waals surface area (Å²) in [4.78, 5) is 4.35. The quantitative estimate of drug-likeness (QED) is 0.595. The maximum Gasteiger partial charge on any atom is 0.416 e. The standard InChI is InChI=1S/C20H16F3N3/c1-13-6-15(9-17(8-13)20(21,22)23)11-26-12-16(7-14(2)10-24)18-4-3-5-25-19(18)26/h3-9,12H,11H2,1-2H3/b14-7-. The van der Waals surface area contributed by atoms with Crippen LogP contribution in [0.5, 0.6) is 0 Å². The molecule has 0 saturated carbocycles. The number of aromatic nitrogens is 2. The van der Waals surface area contributed by atoms with Crippen LogP contribution in [0.15, 0.2) is 48.3 Å². The van der Waals surface area contributed by atoms with E-state index < -0.39 is 11.7 Å². The molecular formula is C20H16F3N3. The fraction of sp³-hybridized carbons (Fsp3) is 0.200. The Morgan fingerprint density at radius 1 is 1.31 bits per heavy atom. The number of benzene rings is 1. The van der Waals surface area contributed by atoms with Crippen molar-refractivity contribution in [1.29, 1.82) is 5.26 Å². The molecular weight excluding hydrogens is 339 g/mol. The monoisotopic (exact) mass is 355 g/mol. The van der Waals surface area contributed by atoms with E-state index in [1.165, 1.54) is 0 Å². The Bertz CT molecular complexity index is 1040. The van der Waals surface area contributed by atoms with Crippen LogP contribution in [0.25, 0.3) is 17.1 Å². The molecule has 0 saturated heterocycles. The second-order valence-corrected chi connectivity index (χ2v) is 6.23. The van der Waals surface area contributed by atoms with Gasteiger partial charge < -0.3 is 4.57 Å². The van der Waals surface area contributed by atoms with E-state index >= 15 is 0 Å². The molecule has 2 heterocycles. The van der Waals surface area contributed by atoms with Crippen LogP contribution in [0.4, 0.5) is 13.2 Å². The van der Waals surface area contributed by atoms with E-state index in [0.29, 0.717) is 22.3 Å². The van der Waals surface area contributed by atoms with Crippen molar-refractivity contribution < 1.29 is 13.2 Å². The van der Waals surface area contributed by atoms with Crippen molar-refractivity contribution in [1.82, 2.24) is 9.55 Å². The normalized spacial score (nSPS) is 12.4. The lowest BCUT2D eigenvalue weighted by atomic mass is 10.1. The maximum atomic E-state index is 13.1. The largest absolute Gasteiger partial charge is 0.416 e. The highest BCUT2D eigenvalue weighted by Crippen LogP contribution is 2.31. The average Bonchev–Trinajstić information content (AvgIpc) is 2.91. The number of hydrogen-bond donors (Lipinski definition) is 0. The van der Waals surface area contributed by atoms with Crippen molar-refractivity contribution in [2.24, 2.45) is 0 Å². The molecule has 0 spiro atoms. The summed E-state index contributed by atoms with van der Waals surface area (Å²) in [6.45, 7) is 3.61. The van der Waals surface area contributed by atoms with Crippen molar-refractivity contribution in [3.63, 3.8) is 0 Å². The minimum atomic E-state index is -4.38. The Balaban J connectivity index is 2.08. The van der Waals surface area contributed by atoms with Gasteiger partial charge in [-0.25, -0.2) is 4.98 Å². The van der Waals surface area contributed by atoms with Crippen LogP contribution in [-0.2, 0) is 12.7 Å². The number of fused-ring (bicyclic) bond motifs is 1. The molecule has 6 heteroatoms. The van der Waals surface area contributed by atoms with Gasteiger partial charge >= 0.3 is 6.18 Å². The molecule has 132 valence electrons. The number of aryl methyl sites for hydroxylation is 1. The third-order valence-corrected chi connectivity index (χ3v) is 4.03. The van der Waals surface area contributed by atoms with E-state index in [0.717, 1.165) is 23.1 Å². The summed E-state index contributed by atoms with van der Waals surface area (Å²) < 4.78 is 41.0. The molecule has 3 nitrogen and oxygen atoms in total. The van der Waals surface area contributed by atoms with Crippen LogP contribution in [0.1, 0.15) is 29.2 Å². The number of allylic oxidation sites excluding steroid dienone is 1. The van der Waals surface area contributed by atoms with E-state index in [2.05, 4.69) is 11.1 Å². The molecule has 3 rings (SSSR count). The Morgan fingerprint density at radius 2 is 2.08 bits per heavy atom. The van der Waals surface area contributed by atoms with Crippen LogP contribution in [-0.4, -0.2) is 9.55 Å². The highest BCUT2D eigenvalue weighted by Gasteiger charge is 2.30. The first kappa shape index (κ1) is 17.7. The fourth-order valence-electron chi connectivity index (χ4n) is 2.96. The molecule has 0 amide bonds. The van der Waals surface area contributed by atoms with Gasteiger partial charge in [-0.15, -0.1) is 0 Å². The zero-order valence-electron chi connectivity index (χ0n) is 14.3. The molecule has 2 aromatic heterocycles. The Labute approximate surface area is 149 Å². The van der Waals surface area contributed by atoms with Crippen molar-refractivity contribution >= 4 is 17.1 Å². The first-order valence-electron chi connectivity index (χ1n) is 7.98.